The van der Waals surface area contributed by atoms with Gasteiger partial charge < -0.3 is 10.6 Å². The third kappa shape index (κ3) is 4.70. The topological polar surface area (TPSA) is 58.2 Å². The molecule has 4 nitrogen and oxygen atoms in total. The Morgan fingerprint density at radius 2 is 1.74 bits per heavy atom. The first-order chi connectivity index (χ1) is 11.1. The second-order valence-electron chi connectivity index (χ2n) is 4.62. The molecule has 0 aromatic heterocycles. The van der Waals surface area contributed by atoms with E-state index in [1.165, 1.54) is 0 Å². The van der Waals surface area contributed by atoms with Crippen LogP contribution in [0.5, 0.6) is 0 Å². The predicted molar refractivity (Wildman–Crippen MR) is 93.2 cm³/mol. The summed E-state index contributed by atoms with van der Waals surface area (Å²) in [5.41, 5.74) is 1.72. The second kappa shape index (κ2) is 8.16. The fraction of sp³-hybridized carbons (Fsp3) is 0.111. The molecule has 0 unspecified atom stereocenters. The maximum absolute atomic E-state index is 11.9. The van der Waals surface area contributed by atoms with Crippen molar-refractivity contribution >= 4 is 27.7 Å². The highest BCUT2D eigenvalue weighted by molar-refractivity contribution is 9.10. The summed E-state index contributed by atoms with van der Waals surface area (Å²) in [7, 11) is 1.57. The molecule has 2 rings (SSSR count). The van der Waals surface area contributed by atoms with Crippen LogP contribution in [0.15, 0.2) is 53.0 Å². The number of amides is 2. The molecule has 0 heterocycles. The standard InChI is InChI=1S/C18H15BrN2O2/c1-20-18(23)16-7-3-2-5-13(16)6-4-12-21-17(22)14-8-10-15(19)11-9-14/h2-3,5,7-11H,12H2,1H3,(H,20,23)(H,21,22). The average Bonchev–Trinajstić information content (AvgIpc) is 2.58. The summed E-state index contributed by atoms with van der Waals surface area (Å²) in [5.74, 6) is 5.40. The Hall–Kier alpha value is -2.58. The van der Waals surface area contributed by atoms with Crippen LogP contribution in [-0.4, -0.2) is 25.4 Å². The van der Waals surface area contributed by atoms with Crippen LogP contribution in [0.4, 0.5) is 0 Å². The van der Waals surface area contributed by atoms with Crippen molar-refractivity contribution < 1.29 is 9.59 Å². The number of nitrogens with one attached hydrogen (secondary N) is 2. The first kappa shape index (κ1) is 16.8. The molecular formula is C18H15BrN2O2. The molecule has 0 fully saturated rings. The summed E-state index contributed by atoms with van der Waals surface area (Å²) < 4.78 is 0.916. The van der Waals surface area contributed by atoms with Crippen LogP contribution >= 0.6 is 15.9 Å². The van der Waals surface area contributed by atoms with E-state index in [2.05, 4.69) is 38.4 Å². The third-order valence-electron chi connectivity index (χ3n) is 3.07. The Morgan fingerprint density at radius 1 is 1.04 bits per heavy atom. The Kier molecular flexibility index (Phi) is 5.95. The maximum atomic E-state index is 11.9. The lowest BCUT2D eigenvalue weighted by molar-refractivity contribution is 0.0952. The van der Waals surface area contributed by atoms with Crippen LogP contribution in [0.2, 0.25) is 0 Å². The van der Waals surface area contributed by atoms with Crippen molar-refractivity contribution in [1.82, 2.24) is 10.6 Å². The van der Waals surface area contributed by atoms with Gasteiger partial charge in [0, 0.05) is 22.6 Å². The SMILES string of the molecule is CNC(=O)c1ccccc1C#CCNC(=O)c1ccc(Br)cc1. The van der Waals surface area contributed by atoms with Crippen molar-refractivity contribution in [2.75, 3.05) is 13.6 Å². The molecule has 0 atom stereocenters. The van der Waals surface area contributed by atoms with Gasteiger partial charge in [0.2, 0.25) is 0 Å². The molecule has 2 aromatic carbocycles. The van der Waals surface area contributed by atoms with E-state index in [0.29, 0.717) is 16.7 Å². The third-order valence-corrected chi connectivity index (χ3v) is 3.59. The molecule has 0 saturated heterocycles. The van der Waals surface area contributed by atoms with Crippen molar-refractivity contribution in [3.63, 3.8) is 0 Å². The van der Waals surface area contributed by atoms with Gasteiger partial charge in [-0.25, -0.2) is 0 Å². The molecule has 5 heteroatoms. The molecule has 0 aliphatic carbocycles. The minimum Gasteiger partial charge on any atom is -0.355 e. The van der Waals surface area contributed by atoms with Crippen LogP contribution in [-0.2, 0) is 0 Å². The number of hydrogen-bond donors (Lipinski definition) is 2. The van der Waals surface area contributed by atoms with E-state index in [-0.39, 0.29) is 18.4 Å². The monoisotopic (exact) mass is 370 g/mol. The number of benzene rings is 2. The van der Waals surface area contributed by atoms with Gasteiger partial charge in [-0.15, -0.1) is 0 Å². The Morgan fingerprint density at radius 3 is 2.43 bits per heavy atom. The van der Waals surface area contributed by atoms with Gasteiger partial charge in [-0.05, 0) is 36.4 Å². The van der Waals surface area contributed by atoms with Gasteiger partial charge in [-0.2, -0.15) is 0 Å². The van der Waals surface area contributed by atoms with E-state index >= 15 is 0 Å². The number of carbonyl (C=O) groups excluding carboxylic acids is 2. The zero-order valence-corrected chi connectivity index (χ0v) is 14.1. The maximum Gasteiger partial charge on any atom is 0.252 e. The highest BCUT2D eigenvalue weighted by Gasteiger charge is 2.06. The Balaban J connectivity index is 2.00. The van der Waals surface area contributed by atoms with Gasteiger partial charge in [0.15, 0.2) is 0 Å². The fourth-order valence-electron chi connectivity index (χ4n) is 1.89. The summed E-state index contributed by atoms with van der Waals surface area (Å²) in [4.78, 5) is 23.7. The van der Waals surface area contributed by atoms with E-state index in [1.54, 1.807) is 49.5 Å². The first-order valence-electron chi connectivity index (χ1n) is 6.95. The van der Waals surface area contributed by atoms with E-state index in [4.69, 9.17) is 0 Å². The van der Waals surface area contributed by atoms with Crippen molar-refractivity contribution in [2.24, 2.45) is 0 Å². The number of hydrogen-bond acceptors (Lipinski definition) is 2. The molecule has 0 spiro atoms. The summed E-state index contributed by atoms with van der Waals surface area (Å²) in [6, 6.07) is 14.2. The zero-order chi connectivity index (χ0) is 16.7. The van der Waals surface area contributed by atoms with Crippen LogP contribution in [0.3, 0.4) is 0 Å². The lowest BCUT2D eigenvalue weighted by atomic mass is 10.1. The largest absolute Gasteiger partial charge is 0.355 e. The lowest BCUT2D eigenvalue weighted by Crippen LogP contribution is -2.23. The Labute approximate surface area is 143 Å². The Bertz CT molecular complexity index is 774. The summed E-state index contributed by atoms with van der Waals surface area (Å²) in [6.45, 7) is 0.205. The van der Waals surface area contributed by atoms with Crippen molar-refractivity contribution in [3.05, 3.63) is 69.7 Å². The molecule has 116 valence electrons. The van der Waals surface area contributed by atoms with E-state index in [0.717, 1.165) is 4.47 Å². The minimum atomic E-state index is -0.189. The molecule has 23 heavy (non-hydrogen) atoms. The molecule has 0 bridgehead atoms. The summed E-state index contributed by atoms with van der Waals surface area (Å²) in [5, 5.41) is 5.30. The second-order valence-corrected chi connectivity index (χ2v) is 5.53. The van der Waals surface area contributed by atoms with Crippen LogP contribution in [0.1, 0.15) is 26.3 Å². The highest BCUT2D eigenvalue weighted by Crippen LogP contribution is 2.10. The van der Waals surface area contributed by atoms with Gasteiger partial charge in [0.1, 0.15) is 0 Å². The quantitative estimate of drug-likeness (QED) is 0.815. The molecule has 2 N–H and O–H groups in total. The molecule has 0 saturated carbocycles. The van der Waals surface area contributed by atoms with Crippen molar-refractivity contribution in [3.8, 4) is 11.8 Å². The minimum absolute atomic E-state index is 0.186. The normalized spacial score (nSPS) is 9.48. The number of rotatable bonds is 3. The van der Waals surface area contributed by atoms with E-state index in [1.807, 2.05) is 6.07 Å². The van der Waals surface area contributed by atoms with Gasteiger partial charge in [-0.1, -0.05) is 39.9 Å². The highest BCUT2D eigenvalue weighted by atomic mass is 79.9. The average molecular weight is 371 g/mol. The van der Waals surface area contributed by atoms with E-state index in [9.17, 15) is 9.59 Å². The van der Waals surface area contributed by atoms with Gasteiger partial charge in [-0.3, -0.25) is 9.59 Å². The van der Waals surface area contributed by atoms with E-state index < -0.39 is 0 Å². The van der Waals surface area contributed by atoms with Gasteiger partial charge >= 0.3 is 0 Å². The predicted octanol–water partition coefficient (Wildman–Crippen LogP) is 2.59. The summed E-state index contributed by atoms with van der Waals surface area (Å²) in [6.07, 6.45) is 0. The van der Waals surface area contributed by atoms with Crippen LogP contribution < -0.4 is 10.6 Å². The lowest BCUT2D eigenvalue weighted by Gasteiger charge is -2.03. The van der Waals surface area contributed by atoms with Gasteiger partial charge in [0.05, 0.1) is 12.1 Å². The number of carbonyl (C=O) groups is 2. The van der Waals surface area contributed by atoms with Crippen LogP contribution in [0.25, 0.3) is 0 Å². The van der Waals surface area contributed by atoms with Crippen molar-refractivity contribution in [1.29, 1.82) is 0 Å². The van der Waals surface area contributed by atoms with Crippen LogP contribution in [0, 0.1) is 11.8 Å². The van der Waals surface area contributed by atoms with Crippen molar-refractivity contribution in [2.45, 2.75) is 0 Å². The fourth-order valence-corrected chi connectivity index (χ4v) is 2.16. The molecule has 0 aliphatic heterocycles. The molecule has 0 aliphatic rings. The molecule has 2 amide bonds. The number of halogens is 1. The zero-order valence-electron chi connectivity index (χ0n) is 12.5. The van der Waals surface area contributed by atoms with Gasteiger partial charge in [0.25, 0.3) is 11.8 Å². The smallest absolute Gasteiger partial charge is 0.252 e. The first-order valence-corrected chi connectivity index (χ1v) is 7.75. The summed E-state index contributed by atoms with van der Waals surface area (Å²) >= 11 is 3.32. The molecule has 0 radical (unpaired) electrons. The molecule has 2 aromatic rings. The molecular weight excluding hydrogens is 356 g/mol.